The van der Waals surface area contributed by atoms with Crippen molar-refractivity contribution in [3.63, 3.8) is 0 Å². The minimum Gasteiger partial charge on any atom is -0.493 e. The van der Waals surface area contributed by atoms with Crippen molar-refractivity contribution in [2.75, 3.05) is 19.7 Å². The Morgan fingerprint density at radius 1 is 1.25 bits per heavy atom. The molecule has 0 aliphatic carbocycles. The third-order valence-electron chi connectivity index (χ3n) is 3.67. The highest BCUT2D eigenvalue weighted by atomic mass is 16.5. The predicted molar refractivity (Wildman–Crippen MR) is 79.1 cm³/mol. The number of hydrogen-bond acceptors (Lipinski definition) is 3. The van der Waals surface area contributed by atoms with E-state index in [1.165, 1.54) is 11.1 Å². The van der Waals surface area contributed by atoms with Crippen molar-refractivity contribution in [2.24, 2.45) is 7.05 Å². The Labute approximate surface area is 119 Å². The molecule has 1 aromatic heterocycles. The molecule has 0 radical (unpaired) electrons. The summed E-state index contributed by atoms with van der Waals surface area (Å²) in [5.41, 5.74) is 3.89. The van der Waals surface area contributed by atoms with Gasteiger partial charge in [-0.1, -0.05) is 12.1 Å². The lowest BCUT2D eigenvalue weighted by atomic mass is 10.1. The van der Waals surface area contributed by atoms with Crippen molar-refractivity contribution >= 4 is 0 Å². The van der Waals surface area contributed by atoms with E-state index in [0.29, 0.717) is 0 Å². The summed E-state index contributed by atoms with van der Waals surface area (Å²) in [4.78, 5) is 0. The van der Waals surface area contributed by atoms with E-state index in [-0.39, 0.29) is 0 Å². The third-order valence-corrected chi connectivity index (χ3v) is 3.67. The molecule has 0 spiro atoms. The Morgan fingerprint density at radius 2 is 2.15 bits per heavy atom. The van der Waals surface area contributed by atoms with Crippen molar-refractivity contribution in [2.45, 2.75) is 19.3 Å². The van der Waals surface area contributed by atoms with E-state index in [1.807, 2.05) is 17.9 Å². The Hall–Kier alpha value is -1.81. The average molecular weight is 271 g/mol. The lowest BCUT2D eigenvalue weighted by molar-refractivity contribution is 0.357. The maximum absolute atomic E-state index is 5.52. The summed E-state index contributed by atoms with van der Waals surface area (Å²) in [6, 6.07) is 8.63. The van der Waals surface area contributed by atoms with Gasteiger partial charge in [0.1, 0.15) is 5.75 Å². The van der Waals surface area contributed by atoms with E-state index in [9.17, 15) is 0 Å². The molecule has 1 aliphatic heterocycles. The van der Waals surface area contributed by atoms with Crippen LogP contribution in [0.1, 0.15) is 16.8 Å². The van der Waals surface area contributed by atoms with Crippen molar-refractivity contribution in [3.05, 3.63) is 47.3 Å². The minimum absolute atomic E-state index is 0.834. The number of fused-ring (bicyclic) bond motifs is 1. The second-order valence-electron chi connectivity index (χ2n) is 5.27. The largest absolute Gasteiger partial charge is 0.493 e. The molecule has 4 heteroatoms. The number of aromatic nitrogens is 2. The zero-order valence-electron chi connectivity index (χ0n) is 11.9. The maximum atomic E-state index is 5.52. The summed E-state index contributed by atoms with van der Waals surface area (Å²) in [7, 11) is 1.95. The van der Waals surface area contributed by atoms with Gasteiger partial charge in [0.2, 0.25) is 0 Å². The molecule has 0 bridgehead atoms. The van der Waals surface area contributed by atoms with E-state index in [1.54, 1.807) is 0 Å². The third kappa shape index (κ3) is 3.20. The quantitative estimate of drug-likeness (QED) is 0.813. The van der Waals surface area contributed by atoms with E-state index in [4.69, 9.17) is 4.74 Å². The van der Waals surface area contributed by atoms with Gasteiger partial charge in [0.05, 0.1) is 12.3 Å². The van der Waals surface area contributed by atoms with E-state index in [2.05, 4.69) is 34.7 Å². The fraction of sp³-hybridized carbons (Fsp3) is 0.438. The van der Waals surface area contributed by atoms with Gasteiger partial charge in [-0.15, -0.1) is 0 Å². The molecule has 4 nitrogen and oxygen atoms in total. The molecule has 2 aromatic rings. The zero-order chi connectivity index (χ0) is 13.8. The summed E-state index contributed by atoms with van der Waals surface area (Å²) in [6.07, 6.45) is 5.09. The molecule has 1 N–H and O–H groups in total. The van der Waals surface area contributed by atoms with Crippen LogP contribution in [0.15, 0.2) is 30.5 Å². The van der Waals surface area contributed by atoms with Crippen LogP contribution in [-0.4, -0.2) is 29.5 Å². The lowest BCUT2D eigenvalue weighted by Crippen LogP contribution is -2.20. The summed E-state index contributed by atoms with van der Waals surface area (Å²) in [5, 5.41) is 7.85. The maximum Gasteiger partial charge on any atom is 0.122 e. The Morgan fingerprint density at radius 3 is 3.00 bits per heavy atom. The van der Waals surface area contributed by atoms with Gasteiger partial charge in [0, 0.05) is 32.6 Å². The molecule has 3 rings (SSSR count). The normalized spacial score (nSPS) is 13.2. The Kier molecular flexibility index (Phi) is 4.02. The lowest BCUT2D eigenvalue weighted by Gasteiger charge is -2.06. The van der Waals surface area contributed by atoms with E-state index in [0.717, 1.165) is 50.4 Å². The van der Waals surface area contributed by atoms with Gasteiger partial charge >= 0.3 is 0 Å². The second-order valence-corrected chi connectivity index (χ2v) is 5.27. The first-order valence-corrected chi connectivity index (χ1v) is 7.25. The van der Waals surface area contributed by atoms with Gasteiger partial charge in [-0.05, 0) is 36.2 Å². The van der Waals surface area contributed by atoms with Crippen LogP contribution < -0.4 is 10.1 Å². The van der Waals surface area contributed by atoms with Crippen LogP contribution in [0.4, 0.5) is 0 Å². The van der Waals surface area contributed by atoms with Crippen molar-refractivity contribution < 1.29 is 4.74 Å². The van der Waals surface area contributed by atoms with Crippen LogP contribution in [0.3, 0.4) is 0 Å². The van der Waals surface area contributed by atoms with Crippen molar-refractivity contribution in [3.8, 4) is 5.75 Å². The van der Waals surface area contributed by atoms with Gasteiger partial charge < -0.3 is 10.1 Å². The summed E-state index contributed by atoms with van der Waals surface area (Å²) in [6.45, 7) is 2.82. The van der Waals surface area contributed by atoms with Gasteiger partial charge in [0.25, 0.3) is 0 Å². The summed E-state index contributed by atoms with van der Waals surface area (Å²) in [5.74, 6) is 1.07. The van der Waals surface area contributed by atoms with E-state index < -0.39 is 0 Å². The van der Waals surface area contributed by atoms with Crippen molar-refractivity contribution in [1.29, 1.82) is 0 Å². The van der Waals surface area contributed by atoms with Gasteiger partial charge in [-0.25, -0.2) is 0 Å². The second kappa shape index (κ2) is 6.09. The fourth-order valence-electron chi connectivity index (χ4n) is 2.57. The molecule has 1 aromatic carbocycles. The first kappa shape index (κ1) is 13.2. The molecule has 0 saturated carbocycles. The highest BCUT2D eigenvalue weighted by molar-refractivity contribution is 5.39. The van der Waals surface area contributed by atoms with Crippen molar-refractivity contribution in [1.82, 2.24) is 15.1 Å². The smallest absolute Gasteiger partial charge is 0.122 e. The number of rotatable bonds is 6. The van der Waals surface area contributed by atoms with Crippen LogP contribution in [0, 0.1) is 0 Å². The monoisotopic (exact) mass is 271 g/mol. The molecule has 1 aliphatic rings. The topological polar surface area (TPSA) is 39.1 Å². The predicted octanol–water partition coefficient (Wildman–Crippen LogP) is 1.73. The molecule has 0 amide bonds. The number of nitrogens with one attached hydrogen (secondary N) is 1. The number of hydrogen-bond donors (Lipinski definition) is 1. The average Bonchev–Trinajstić information content (AvgIpc) is 3.06. The van der Waals surface area contributed by atoms with Crippen LogP contribution in [-0.2, 0) is 26.3 Å². The first-order valence-electron chi connectivity index (χ1n) is 7.25. The molecule has 0 fully saturated rings. The number of ether oxygens (including phenoxy) is 1. The molecule has 0 unspecified atom stereocenters. The van der Waals surface area contributed by atoms with Crippen LogP contribution in [0.2, 0.25) is 0 Å². The fourth-order valence-corrected chi connectivity index (χ4v) is 2.57. The van der Waals surface area contributed by atoms with Gasteiger partial charge in [0.15, 0.2) is 0 Å². The minimum atomic E-state index is 0.834. The van der Waals surface area contributed by atoms with Crippen LogP contribution in [0.25, 0.3) is 0 Å². The SMILES string of the molecule is Cn1ccc(CCNCCc2ccc3c(c2)CCO3)n1. The van der Waals surface area contributed by atoms with E-state index >= 15 is 0 Å². The van der Waals surface area contributed by atoms with Crippen LogP contribution in [0.5, 0.6) is 5.75 Å². The molecule has 0 atom stereocenters. The standard InChI is InChI=1S/C16H21N3O/c1-19-10-6-15(18-19)5-9-17-8-4-13-2-3-16-14(12-13)7-11-20-16/h2-3,6,10,12,17H,4-5,7-9,11H2,1H3. The van der Waals surface area contributed by atoms with Gasteiger partial charge in [-0.3, -0.25) is 4.68 Å². The zero-order valence-corrected chi connectivity index (χ0v) is 11.9. The first-order chi connectivity index (χ1) is 9.81. The van der Waals surface area contributed by atoms with Gasteiger partial charge in [-0.2, -0.15) is 5.10 Å². The molecule has 106 valence electrons. The Bertz CT molecular complexity index is 577. The van der Waals surface area contributed by atoms with Crippen LogP contribution >= 0.6 is 0 Å². The summed E-state index contributed by atoms with van der Waals surface area (Å²) < 4.78 is 7.37. The summed E-state index contributed by atoms with van der Waals surface area (Å²) >= 11 is 0. The number of aryl methyl sites for hydroxylation is 1. The molecular weight excluding hydrogens is 250 g/mol. The highest BCUT2D eigenvalue weighted by Crippen LogP contribution is 2.25. The molecule has 0 saturated heterocycles. The molecular formula is C16H21N3O. The highest BCUT2D eigenvalue weighted by Gasteiger charge is 2.11. The number of benzene rings is 1. The Balaban J connectivity index is 1.39. The molecule has 2 heterocycles. The molecule has 20 heavy (non-hydrogen) atoms. The number of nitrogens with zero attached hydrogens (tertiary/aromatic N) is 2.